The summed E-state index contributed by atoms with van der Waals surface area (Å²) in [6.07, 6.45) is 0. The molecular weight excluding hydrogens is 356 g/mol. The van der Waals surface area contributed by atoms with Gasteiger partial charge in [0.1, 0.15) is 11.5 Å². The minimum atomic E-state index is 0.537. The van der Waals surface area contributed by atoms with E-state index in [-0.39, 0.29) is 0 Å². The standard InChI is InChI=1S/C21H24N4O3/c1-26-18-7-3-16(4-8-18)21-23-22-20(28-21)15-24-11-13-25(14-12-24)17-5-9-19(27-2)10-6-17/h3-10H,11-15H2,1-2H3. The Morgan fingerprint density at radius 2 is 1.43 bits per heavy atom. The Kier molecular flexibility index (Phi) is 5.43. The molecule has 1 aromatic heterocycles. The highest BCUT2D eigenvalue weighted by atomic mass is 16.5. The molecule has 7 heteroatoms. The van der Waals surface area contributed by atoms with Crippen LogP contribution in [0.1, 0.15) is 5.89 Å². The maximum Gasteiger partial charge on any atom is 0.247 e. The lowest BCUT2D eigenvalue weighted by molar-refractivity contribution is 0.227. The summed E-state index contributed by atoms with van der Waals surface area (Å²) in [6, 6.07) is 15.8. The molecule has 7 nitrogen and oxygen atoms in total. The molecule has 2 aromatic carbocycles. The second-order valence-corrected chi connectivity index (χ2v) is 6.69. The zero-order valence-electron chi connectivity index (χ0n) is 16.2. The number of nitrogens with zero attached hydrogens (tertiary/aromatic N) is 4. The van der Waals surface area contributed by atoms with Crippen LogP contribution in [-0.2, 0) is 6.54 Å². The first kappa shape index (κ1) is 18.3. The average molecular weight is 380 g/mol. The summed E-state index contributed by atoms with van der Waals surface area (Å²) in [7, 11) is 3.33. The molecule has 0 saturated carbocycles. The maximum absolute atomic E-state index is 5.85. The lowest BCUT2D eigenvalue weighted by atomic mass is 10.2. The van der Waals surface area contributed by atoms with Gasteiger partial charge in [0.05, 0.1) is 20.8 Å². The van der Waals surface area contributed by atoms with Crippen molar-refractivity contribution >= 4 is 5.69 Å². The molecule has 146 valence electrons. The van der Waals surface area contributed by atoms with Gasteiger partial charge in [-0.15, -0.1) is 10.2 Å². The Hall–Kier alpha value is -3.06. The summed E-state index contributed by atoms with van der Waals surface area (Å²) in [6.45, 7) is 4.50. The highest BCUT2D eigenvalue weighted by Crippen LogP contribution is 2.23. The molecule has 3 aromatic rings. The fourth-order valence-electron chi connectivity index (χ4n) is 3.32. The summed E-state index contributed by atoms with van der Waals surface area (Å²) >= 11 is 0. The van der Waals surface area contributed by atoms with Crippen molar-refractivity contribution in [3.05, 3.63) is 54.4 Å². The maximum atomic E-state index is 5.85. The highest BCUT2D eigenvalue weighted by Gasteiger charge is 2.19. The van der Waals surface area contributed by atoms with Crippen LogP contribution in [0.2, 0.25) is 0 Å². The van der Waals surface area contributed by atoms with Crippen molar-refractivity contribution in [2.24, 2.45) is 0 Å². The van der Waals surface area contributed by atoms with Crippen LogP contribution in [0, 0.1) is 0 Å². The fourth-order valence-corrected chi connectivity index (χ4v) is 3.32. The van der Waals surface area contributed by atoms with Crippen LogP contribution in [0.15, 0.2) is 52.9 Å². The summed E-state index contributed by atoms with van der Waals surface area (Å²) < 4.78 is 16.3. The zero-order valence-corrected chi connectivity index (χ0v) is 16.2. The van der Waals surface area contributed by atoms with Crippen molar-refractivity contribution in [3.8, 4) is 23.0 Å². The molecular formula is C21H24N4O3. The molecule has 4 rings (SSSR count). The van der Waals surface area contributed by atoms with Crippen molar-refractivity contribution in [2.75, 3.05) is 45.3 Å². The van der Waals surface area contributed by atoms with Crippen LogP contribution >= 0.6 is 0 Å². The highest BCUT2D eigenvalue weighted by molar-refractivity contribution is 5.54. The summed E-state index contributed by atoms with van der Waals surface area (Å²) in [5.41, 5.74) is 2.11. The van der Waals surface area contributed by atoms with E-state index < -0.39 is 0 Å². The summed E-state index contributed by atoms with van der Waals surface area (Å²) in [4.78, 5) is 4.72. The van der Waals surface area contributed by atoms with Gasteiger partial charge in [-0.05, 0) is 48.5 Å². The normalized spacial score (nSPS) is 14.9. The third-order valence-electron chi connectivity index (χ3n) is 4.97. The first-order valence-corrected chi connectivity index (χ1v) is 9.33. The van der Waals surface area contributed by atoms with E-state index in [2.05, 4.69) is 32.1 Å². The number of rotatable bonds is 6. The molecule has 0 atom stereocenters. The van der Waals surface area contributed by atoms with E-state index >= 15 is 0 Å². The molecule has 0 aliphatic carbocycles. The lowest BCUT2D eigenvalue weighted by Crippen LogP contribution is -2.46. The van der Waals surface area contributed by atoms with Crippen LogP contribution in [0.4, 0.5) is 5.69 Å². The van der Waals surface area contributed by atoms with Gasteiger partial charge in [-0.2, -0.15) is 0 Å². The van der Waals surface area contributed by atoms with Gasteiger partial charge in [-0.3, -0.25) is 4.90 Å². The van der Waals surface area contributed by atoms with Crippen molar-refractivity contribution in [2.45, 2.75) is 6.54 Å². The Balaban J connectivity index is 1.32. The topological polar surface area (TPSA) is 63.9 Å². The van der Waals surface area contributed by atoms with Crippen molar-refractivity contribution < 1.29 is 13.9 Å². The minimum Gasteiger partial charge on any atom is -0.497 e. The third-order valence-corrected chi connectivity index (χ3v) is 4.97. The predicted molar refractivity (Wildman–Crippen MR) is 107 cm³/mol. The second kappa shape index (κ2) is 8.31. The van der Waals surface area contributed by atoms with Crippen LogP contribution in [0.5, 0.6) is 11.5 Å². The fraction of sp³-hybridized carbons (Fsp3) is 0.333. The summed E-state index contributed by atoms with van der Waals surface area (Å²) in [5, 5.41) is 8.39. The monoisotopic (exact) mass is 380 g/mol. The first-order valence-electron chi connectivity index (χ1n) is 9.33. The molecule has 1 aliphatic rings. The molecule has 0 bridgehead atoms. The van der Waals surface area contributed by atoms with Gasteiger partial charge < -0.3 is 18.8 Å². The van der Waals surface area contributed by atoms with Gasteiger partial charge in [-0.1, -0.05) is 0 Å². The Morgan fingerprint density at radius 1 is 0.821 bits per heavy atom. The molecule has 1 saturated heterocycles. The molecule has 0 spiro atoms. The SMILES string of the molecule is COc1ccc(-c2nnc(CN3CCN(c4ccc(OC)cc4)CC3)o2)cc1. The number of hydrogen-bond acceptors (Lipinski definition) is 7. The number of ether oxygens (including phenoxy) is 2. The third kappa shape index (κ3) is 4.09. The van der Waals surface area contributed by atoms with Crippen molar-refractivity contribution in [1.82, 2.24) is 15.1 Å². The largest absolute Gasteiger partial charge is 0.497 e. The van der Waals surface area contributed by atoms with E-state index in [0.29, 0.717) is 18.3 Å². The number of anilines is 1. The van der Waals surface area contributed by atoms with Crippen LogP contribution in [0.25, 0.3) is 11.5 Å². The summed E-state index contributed by atoms with van der Waals surface area (Å²) in [5.74, 6) is 2.86. The predicted octanol–water partition coefficient (Wildman–Crippen LogP) is 3.08. The Morgan fingerprint density at radius 3 is 2.04 bits per heavy atom. The number of piperazine rings is 1. The second-order valence-electron chi connectivity index (χ2n) is 6.69. The first-order chi connectivity index (χ1) is 13.7. The number of benzene rings is 2. The number of aromatic nitrogens is 2. The van der Waals surface area contributed by atoms with Gasteiger partial charge >= 0.3 is 0 Å². The Bertz CT molecular complexity index is 885. The number of methoxy groups -OCH3 is 2. The van der Waals surface area contributed by atoms with E-state index in [9.17, 15) is 0 Å². The minimum absolute atomic E-state index is 0.537. The van der Waals surface area contributed by atoms with Gasteiger partial charge in [-0.25, -0.2) is 0 Å². The van der Waals surface area contributed by atoms with Gasteiger partial charge in [0.25, 0.3) is 0 Å². The van der Waals surface area contributed by atoms with Gasteiger partial charge in [0.2, 0.25) is 11.8 Å². The average Bonchev–Trinajstić information content (AvgIpc) is 3.23. The quantitative estimate of drug-likeness (QED) is 0.651. The molecule has 28 heavy (non-hydrogen) atoms. The van der Waals surface area contributed by atoms with Crippen molar-refractivity contribution in [3.63, 3.8) is 0 Å². The van der Waals surface area contributed by atoms with E-state index in [4.69, 9.17) is 13.9 Å². The Labute approximate surface area is 164 Å². The number of hydrogen-bond donors (Lipinski definition) is 0. The van der Waals surface area contributed by atoms with E-state index in [1.807, 2.05) is 36.4 Å². The molecule has 1 aliphatic heterocycles. The molecule has 0 radical (unpaired) electrons. The van der Waals surface area contributed by atoms with Crippen molar-refractivity contribution in [1.29, 1.82) is 0 Å². The van der Waals surface area contributed by atoms with E-state index in [1.54, 1.807) is 14.2 Å². The lowest BCUT2D eigenvalue weighted by Gasteiger charge is -2.35. The van der Waals surface area contributed by atoms with Gasteiger partial charge in [0, 0.05) is 37.4 Å². The van der Waals surface area contributed by atoms with Crippen LogP contribution < -0.4 is 14.4 Å². The van der Waals surface area contributed by atoms with E-state index in [1.165, 1.54) is 5.69 Å². The van der Waals surface area contributed by atoms with Gasteiger partial charge in [0.15, 0.2) is 0 Å². The van der Waals surface area contributed by atoms with E-state index in [0.717, 1.165) is 43.2 Å². The molecule has 0 unspecified atom stereocenters. The molecule has 0 N–H and O–H groups in total. The smallest absolute Gasteiger partial charge is 0.247 e. The molecule has 0 amide bonds. The van der Waals surface area contributed by atoms with Crippen LogP contribution in [-0.4, -0.2) is 55.5 Å². The zero-order chi connectivity index (χ0) is 19.3. The molecule has 2 heterocycles. The molecule has 1 fully saturated rings. The van der Waals surface area contributed by atoms with Crippen LogP contribution in [0.3, 0.4) is 0 Å².